The molecule has 0 radical (unpaired) electrons. The van der Waals surface area contributed by atoms with Gasteiger partial charge in [-0.05, 0) is 13.0 Å². The normalized spacial score (nSPS) is 18.7. The number of hydrogen-bond donors (Lipinski definition) is 2. The Morgan fingerprint density at radius 1 is 1.23 bits per heavy atom. The fourth-order valence-corrected chi connectivity index (χ4v) is 3.81. The molecule has 0 amide bonds. The van der Waals surface area contributed by atoms with Crippen molar-refractivity contribution in [2.75, 3.05) is 68.2 Å². The molecule has 2 aliphatic rings. The van der Waals surface area contributed by atoms with Gasteiger partial charge in [0.25, 0.3) is 0 Å². The fraction of sp³-hybridized carbons (Fsp3) is 0.733. The van der Waals surface area contributed by atoms with Crippen molar-refractivity contribution < 1.29 is 4.74 Å². The Balaban J connectivity index is 1.87. The third-order valence-electron chi connectivity index (χ3n) is 4.06. The Bertz CT molecular complexity index is 493. The predicted octanol–water partition coefficient (Wildman–Crippen LogP) is 0.776. The van der Waals surface area contributed by atoms with Crippen molar-refractivity contribution in [3.8, 4) is 0 Å². The minimum atomic E-state index is 0.664. The molecule has 0 atom stereocenters. The highest BCUT2D eigenvalue weighted by molar-refractivity contribution is 7.99. The highest BCUT2D eigenvalue weighted by Gasteiger charge is 2.22. The average Bonchev–Trinajstić information content (AvgIpc) is 2.80. The van der Waals surface area contributed by atoms with Crippen LogP contribution in [0.2, 0.25) is 0 Å². The van der Waals surface area contributed by atoms with Gasteiger partial charge in [0.2, 0.25) is 5.95 Å². The lowest BCUT2D eigenvalue weighted by Gasteiger charge is -2.30. The summed E-state index contributed by atoms with van der Waals surface area (Å²) >= 11 is 2.03. The largest absolute Gasteiger partial charge is 0.383 e. The lowest BCUT2D eigenvalue weighted by Crippen LogP contribution is -2.34. The molecule has 1 aromatic heterocycles. The van der Waals surface area contributed by atoms with Crippen molar-refractivity contribution in [3.63, 3.8) is 0 Å². The van der Waals surface area contributed by atoms with Crippen LogP contribution in [0.3, 0.4) is 0 Å². The number of nitrogens with zero attached hydrogens (tertiary/aromatic N) is 3. The van der Waals surface area contributed by atoms with Crippen LogP contribution in [0.5, 0.6) is 0 Å². The topological polar surface area (TPSA) is 62.3 Å². The van der Waals surface area contributed by atoms with Crippen LogP contribution in [0.4, 0.5) is 11.8 Å². The number of methoxy groups -OCH3 is 1. The monoisotopic (exact) mass is 323 g/mol. The first kappa shape index (κ1) is 15.8. The Morgan fingerprint density at radius 2 is 2.05 bits per heavy atom. The maximum atomic E-state index is 5.10. The molecule has 1 fully saturated rings. The molecule has 0 spiro atoms. The maximum absolute atomic E-state index is 5.10. The van der Waals surface area contributed by atoms with Gasteiger partial charge in [-0.15, -0.1) is 0 Å². The van der Waals surface area contributed by atoms with E-state index in [4.69, 9.17) is 14.7 Å². The van der Waals surface area contributed by atoms with Crippen LogP contribution in [0.15, 0.2) is 0 Å². The molecule has 1 saturated heterocycles. The SMILES string of the molecule is COCCNc1nc2c(c(N3CCSCC3)n1)CCNCC2. The summed E-state index contributed by atoms with van der Waals surface area (Å²) in [4.78, 5) is 12.0. The molecule has 0 aliphatic carbocycles. The minimum Gasteiger partial charge on any atom is -0.383 e. The summed E-state index contributed by atoms with van der Waals surface area (Å²) in [5, 5.41) is 6.76. The first-order chi connectivity index (χ1) is 10.9. The van der Waals surface area contributed by atoms with Gasteiger partial charge < -0.3 is 20.3 Å². The number of anilines is 2. The van der Waals surface area contributed by atoms with Gasteiger partial charge in [-0.3, -0.25) is 0 Å². The van der Waals surface area contributed by atoms with Gasteiger partial charge in [-0.25, -0.2) is 4.98 Å². The van der Waals surface area contributed by atoms with Crippen molar-refractivity contribution in [2.45, 2.75) is 12.8 Å². The van der Waals surface area contributed by atoms with Crippen LogP contribution in [-0.2, 0) is 17.6 Å². The second-order valence-corrected chi connectivity index (χ2v) is 6.79. The van der Waals surface area contributed by atoms with E-state index in [2.05, 4.69) is 15.5 Å². The minimum absolute atomic E-state index is 0.664. The van der Waals surface area contributed by atoms with Crippen molar-refractivity contribution in [3.05, 3.63) is 11.3 Å². The summed E-state index contributed by atoms with van der Waals surface area (Å²) < 4.78 is 5.10. The van der Waals surface area contributed by atoms with Crippen molar-refractivity contribution in [1.29, 1.82) is 0 Å². The zero-order chi connectivity index (χ0) is 15.2. The van der Waals surface area contributed by atoms with Crippen LogP contribution < -0.4 is 15.5 Å². The molecular weight excluding hydrogens is 298 g/mol. The van der Waals surface area contributed by atoms with Gasteiger partial charge in [0.1, 0.15) is 5.82 Å². The Labute approximate surface area is 136 Å². The summed E-state index contributed by atoms with van der Waals surface area (Å²) in [6, 6.07) is 0. The summed E-state index contributed by atoms with van der Waals surface area (Å²) in [5.41, 5.74) is 2.54. The van der Waals surface area contributed by atoms with Crippen molar-refractivity contribution in [2.24, 2.45) is 0 Å². The Hall–Kier alpha value is -1.05. The summed E-state index contributed by atoms with van der Waals surface area (Å²) in [7, 11) is 1.71. The summed E-state index contributed by atoms with van der Waals surface area (Å²) in [6.45, 7) is 5.58. The lowest BCUT2D eigenvalue weighted by molar-refractivity contribution is 0.210. The van der Waals surface area contributed by atoms with Crippen LogP contribution in [0, 0.1) is 0 Å². The number of nitrogens with one attached hydrogen (secondary N) is 2. The van der Waals surface area contributed by atoms with E-state index in [9.17, 15) is 0 Å². The van der Waals surface area contributed by atoms with Crippen LogP contribution >= 0.6 is 11.8 Å². The number of ether oxygens (including phenoxy) is 1. The molecule has 7 heteroatoms. The molecule has 0 aromatic carbocycles. The van der Waals surface area contributed by atoms with Gasteiger partial charge in [-0.2, -0.15) is 16.7 Å². The molecule has 3 heterocycles. The van der Waals surface area contributed by atoms with Crippen molar-refractivity contribution >= 4 is 23.5 Å². The number of aromatic nitrogens is 2. The Kier molecular flexibility index (Phi) is 5.75. The van der Waals surface area contributed by atoms with Gasteiger partial charge >= 0.3 is 0 Å². The molecular formula is C15H25N5OS. The lowest BCUT2D eigenvalue weighted by atomic mass is 10.1. The van der Waals surface area contributed by atoms with E-state index < -0.39 is 0 Å². The Morgan fingerprint density at radius 3 is 2.86 bits per heavy atom. The first-order valence-corrected chi connectivity index (χ1v) is 9.20. The predicted molar refractivity (Wildman–Crippen MR) is 92.2 cm³/mol. The summed E-state index contributed by atoms with van der Waals surface area (Å²) in [6.07, 6.45) is 2.00. The first-order valence-electron chi connectivity index (χ1n) is 8.04. The van der Waals surface area contributed by atoms with Gasteiger partial charge in [0.15, 0.2) is 0 Å². The quantitative estimate of drug-likeness (QED) is 0.776. The van der Waals surface area contributed by atoms with Gasteiger partial charge in [-0.1, -0.05) is 0 Å². The van der Waals surface area contributed by atoms with Crippen LogP contribution in [-0.4, -0.2) is 67.9 Å². The zero-order valence-electron chi connectivity index (χ0n) is 13.2. The maximum Gasteiger partial charge on any atom is 0.224 e. The molecule has 0 unspecified atom stereocenters. The molecule has 2 aliphatic heterocycles. The van der Waals surface area contributed by atoms with E-state index in [1.54, 1.807) is 7.11 Å². The number of thioether (sulfide) groups is 1. The molecule has 0 saturated carbocycles. The fourth-order valence-electron chi connectivity index (χ4n) is 2.91. The number of rotatable bonds is 5. The molecule has 22 heavy (non-hydrogen) atoms. The van der Waals surface area contributed by atoms with E-state index in [0.29, 0.717) is 6.61 Å². The van der Waals surface area contributed by atoms with E-state index in [-0.39, 0.29) is 0 Å². The van der Waals surface area contributed by atoms with Gasteiger partial charge in [0, 0.05) is 56.8 Å². The van der Waals surface area contributed by atoms with E-state index in [1.165, 1.54) is 22.8 Å². The molecule has 3 rings (SSSR count). The molecule has 0 bridgehead atoms. The van der Waals surface area contributed by atoms with Gasteiger partial charge in [0.05, 0.1) is 12.3 Å². The van der Waals surface area contributed by atoms with Crippen LogP contribution in [0.1, 0.15) is 11.3 Å². The molecule has 6 nitrogen and oxygen atoms in total. The summed E-state index contributed by atoms with van der Waals surface area (Å²) in [5.74, 6) is 4.26. The number of fused-ring (bicyclic) bond motifs is 1. The second-order valence-electron chi connectivity index (χ2n) is 5.57. The van der Waals surface area contributed by atoms with Crippen molar-refractivity contribution in [1.82, 2.24) is 15.3 Å². The average molecular weight is 323 g/mol. The third kappa shape index (κ3) is 3.83. The highest BCUT2D eigenvalue weighted by Crippen LogP contribution is 2.27. The second kappa shape index (κ2) is 7.99. The zero-order valence-corrected chi connectivity index (χ0v) is 14.0. The van der Waals surface area contributed by atoms with E-state index >= 15 is 0 Å². The highest BCUT2D eigenvalue weighted by atomic mass is 32.2. The van der Waals surface area contributed by atoms with E-state index in [1.807, 2.05) is 11.8 Å². The standard InChI is InChI=1S/C15H25N5OS/c1-21-9-6-17-15-18-13-3-5-16-4-2-12(13)14(19-15)20-7-10-22-11-8-20/h16H,2-11H2,1H3,(H,17,18,19). The smallest absolute Gasteiger partial charge is 0.224 e. The molecule has 122 valence electrons. The molecule has 1 aromatic rings. The third-order valence-corrected chi connectivity index (χ3v) is 5.00. The molecule has 2 N–H and O–H groups in total. The van der Waals surface area contributed by atoms with E-state index in [0.717, 1.165) is 57.3 Å². The van der Waals surface area contributed by atoms with Crippen LogP contribution in [0.25, 0.3) is 0 Å². The number of hydrogen-bond acceptors (Lipinski definition) is 7.